The number of hydrogen-bond donors (Lipinski definition) is 1. The summed E-state index contributed by atoms with van der Waals surface area (Å²) in [5, 5.41) is 2.77. The van der Waals surface area contributed by atoms with Crippen LogP contribution < -0.4 is 15.6 Å². The summed E-state index contributed by atoms with van der Waals surface area (Å²) in [5.74, 6) is 0.455. The van der Waals surface area contributed by atoms with E-state index >= 15 is 0 Å². The van der Waals surface area contributed by atoms with Crippen LogP contribution in [0.1, 0.15) is 23.7 Å². The first-order valence-electron chi connectivity index (χ1n) is 7.91. The van der Waals surface area contributed by atoms with Crippen molar-refractivity contribution in [3.05, 3.63) is 57.8 Å². The fraction of sp³-hybridized carbons (Fsp3) is 0.389. The largest absolute Gasteiger partial charge is 0.481 e. The first-order valence-corrected chi connectivity index (χ1v) is 7.91. The minimum absolute atomic E-state index is 0.128. The molecule has 0 spiro atoms. The van der Waals surface area contributed by atoms with E-state index in [9.17, 15) is 9.59 Å². The first-order chi connectivity index (χ1) is 11.3. The molecule has 0 radical (unpaired) electrons. The van der Waals surface area contributed by atoms with E-state index in [2.05, 4.69) is 10.3 Å². The van der Waals surface area contributed by atoms with E-state index in [0.717, 1.165) is 11.1 Å². The van der Waals surface area contributed by atoms with Gasteiger partial charge in [0.1, 0.15) is 5.75 Å². The van der Waals surface area contributed by atoms with Crippen LogP contribution in [-0.2, 0) is 11.3 Å². The van der Waals surface area contributed by atoms with Crippen LogP contribution in [0.2, 0.25) is 0 Å². The number of carbonyl (C=O) groups excluding carboxylic acids is 1. The van der Waals surface area contributed by atoms with Crippen LogP contribution in [0.4, 0.5) is 0 Å². The van der Waals surface area contributed by atoms with Gasteiger partial charge in [-0.05, 0) is 51.0 Å². The predicted octanol–water partition coefficient (Wildman–Crippen LogP) is 1.75. The van der Waals surface area contributed by atoms with Gasteiger partial charge in [0.05, 0.1) is 6.33 Å². The van der Waals surface area contributed by atoms with Crippen LogP contribution in [0.3, 0.4) is 0 Å². The van der Waals surface area contributed by atoms with Gasteiger partial charge in [-0.25, -0.2) is 4.98 Å². The second-order valence-electron chi connectivity index (χ2n) is 5.94. The Hall–Kier alpha value is -2.63. The number of aromatic nitrogens is 2. The molecular weight excluding hydrogens is 306 g/mol. The lowest BCUT2D eigenvalue weighted by atomic mass is 10.1. The van der Waals surface area contributed by atoms with E-state index in [1.807, 2.05) is 32.0 Å². The van der Waals surface area contributed by atoms with Crippen LogP contribution in [0.25, 0.3) is 0 Å². The first kappa shape index (κ1) is 17.7. The minimum atomic E-state index is -0.612. The maximum Gasteiger partial charge on any atom is 0.260 e. The van der Waals surface area contributed by atoms with Gasteiger partial charge in [-0.1, -0.05) is 6.07 Å². The molecule has 0 bridgehead atoms. The summed E-state index contributed by atoms with van der Waals surface area (Å²) in [6.45, 7) is 8.14. The van der Waals surface area contributed by atoms with Crippen molar-refractivity contribution in [2.24, 2.45) is 0 Å². The second-order valence-corrected chi connectivity index (χ2v) is 5.94. The van der Waals surface area contributed by atoms with Crippen molar-refractivity contribution in [3.63, 3.8) is 0 Å². The van der Waals surface area contributed by atoms with Crippen molar-refractivity contribution in [3.8, 4) is 5.75 Å². The van der Waals surface area contributed by atoms with Crippen LogP contribution in [0.5, 0.6) is 5.75 Å². The molecule has 0 aliphatic carbocycles. The Kier molecular flexibility index (Phi) is 5.73. The Balaban J connectivity index is 1.86. The van der Waals surface area contributed by atoms with Gasteiger partial charge in [-0.3, -0.25) is 14.2 Å². The zero-order chi connectivity index (χ0) is 17.7. The molecule has 1 atom stereocenters. The van der Waals surface area contributed by atoms with Crippen LogP contribution >= 0.6 is 0 Å². The molecule has 128 valence electrons. The molecule has 1 aromatic carbocycles. The summed E-state index contributed by atoms with van der Waals surface area (Å²) in [6.07, 6.45) is 0.873. The Bertz CT molecular complexity index is 763. The second kappa shape index (κ2) is 7.77. The van der Waals surface area contributed by atoms with E-state index < -0.39 is 6.10 Å². The Labute approximate surface area is 141 Å². The predicted molar refractivity (Wildman–Crippen MR) is 92.2 cm³/mol. The summed E-state index contributed by atoms with van der Waals surface area (Å²) >= 11 is 0. The summed E-state index contributed by atoms with van der Waals surface area (Å²) in [6, 6.07) is 7.31. The van der Waals surface area contributed by atoms with Crippen molar-refractivity contribution < 1.29 is 9.53 Å². The Morgan fingerprint density at radius 2 is 1.88 bits per heavy atom. The molecular formula is C18H23N3O3. The van der Waals surface area contributed by atoms with Crippen LogP contribution in [0, 0.1) is 20.8 Å². The van der Waals surface area contributed by atoms with Gasteiger partial charge >= 0.3 is 0 Å². The minimum Gasteiger partial charge on any atom is -0.481 e. The molecule has 6 heteroatoms. The summed E-state index contributed by atoms with van der Waals surface area (Å²) < 4.78 is 7.15. The third-order valence-corrected chi connectivity index (χ3v) is 3.55. The van der Waals surface area contributed by atoms with Crippen molar-refractivity contribution in [2.75, 3.05) is 6.54 Å². The number of carbonyl (C=O) groups is 1. The lowest BCUT2D eigenvalue weighted by Gasteiger charge is -2.16. The molecule has 1 unspecified atom stereocenters. The standard InChI is InChI=1S/C18H23N3O3/c1-12-7-13(2)9-16(8-12)24-15(4)18(23)19-5-6-21-11-20-14(3)10-17(21)22/h7-11,15H,5-6H2,1-4H3,(H,19,23). The Morgan fingerprint density at radius 3 is 2.50 bits per heavy atom. The van der Waals surface area contributed by atoms with Crippen LogP contribution in [-0.4, -0.2) is 28.1 Å². The van der Waals surface area contributed by atoms with Gasteiger partial charge in [0, 0.05) is 24.8 Å². The van der Waals surface area contributed by atoms with Crippen molar-refractivity contribution in [2.45, 2.75) is 40.3 Å². The lowest BCUT2D eigenvalue weighted by molar-refractivity contribution is -0.127. The maximum absolute atomic E-state index is 12.1. The molecule has 0 aliphatic rings. The van der Waals surface area contributed by atoms with Crippen molar-refractivity contribution in [1.29, 1.82) is 0 Å². The van der Waals surface area contributed by atoms with E-state index in [1.54, 1.807) is 13.8 Å². The molecule has 2 aromatic rings. The van der Waals surface area contributed by atoms with Gasteiger partial charge in [-0.15, -0.1) is 0 Å². The number of hydrogen-bond acceptors (Lipinski definition) is 4. The molecule has 2 rings (SSSR count). The molecule has 0 saturated carbocycles. The number of nitrogens with zero attached hydrogens (tertiary/aromatic N) is 2. The van der Waals surface area contributed by atoms with E-state index in [-0.39, 0.29) is 11.5 Å². The molecule has 1 amide bonds. The van der Waals surface area contributed by atoms with E-state index in [0.29, 0.717) is 24.5 Å². The quantitative estimate of drug-likeness (QED) is 0.876. The lowest BCUT2D eigenvalue weighted by Crippen LogP contribution is -2.38. The van der Waals surface area contributed by atoms with Crippen molar-refractivity contribution in [1.82, 2.24) is 14.9 Å². The van der Waals surface area contributed by atoms with Gasteiger partial charge in [0.15, 0.2) is 6.10 Å². The third kappa shape index (κ3) is 4.94. The van der Waals surface area contributed by atoms with E-state index in [1.165, 1.54) is 17.0 Å². The highest BCUT2D eigenvalue weighted by Crippen LogP contribution is 2.17. The molecule has 24 heavy (non-hydrogen) atoms. The molecule has 1 N–H and O–H groups in total. The average molecular weight is 329 g/mol. The number of nitrogens with one attached hydrogen (secondary N) is 1. The highest BCUT2D eigenvalue weighted by atomic mass is 16.5. The fourth-order valence-corrected chi connectivity index (χ4v) is 2.39. The summed E-state index contributed by atoms with van der Waals surface area (Å²) in [4.78, 5) is 27.9. The highest BCUT2D eigenvalue weighted by molar-refractivity contribution is 5.80. The average Bonchev–Trinajstić information content (AvgIpc) is 2.48. The normalized spacial score (nSPS) is 11.8. The molecule has 0 aliphatic heterocycles. The summed E-state index contributed by atoms with van der Waals surface area (Å²) in [7, 11) is 0. The zero-order valence-electron chi connectivity index (χ0n) is 14.5. The van der Waals surface area contributed by atoms with E-state index in [4.69, 9.17) is 4.74 Å². The van der Waals surface area contributed by atoms with Gasteiger partial charge < -0.3 is 10.1 Å². The SMILES string of the molecule is Cc1cc(C)cc(OC(C)C(=O)NCCn2cnc(C)cc2=O)c1. The zero-order valence-corrected chi connectivity index (χ0v) is 14.5. The monoisotopic (exact) mass is 329 g/mol. The maximum atomic E-state index is 12.1. The number of benzene rings is 1. The summed E-state index contributed by atoms with van der Waals surface area (Å²) in [5.41, 5.74) is 2.72. The smallest absolute Gasteiger partial charge is 0.260 e. The molecule has 1 aromatic heterocycles. The number of rotatable bonds is 6. The molecule has 1 heterocycles. The Morgan fingerprint density at radius 1 is 1.21 bits per heavy atom. The third-order valence-electron chi connectivity index (χ3n) is 3.55. The van der Waals surface area contributed by atoms with Gasteiger partial charge in [0.2, 0.25) is 0 Å². The number of amides is 1. The fourth-order valence-electron chi connectivity index (χ4n) is 2.39. The number of ether oxygens (including phenoxy) is 1. The van der Waals surface area contributed by atoms with Crippen molar-refractivity contribution >= 4 is 5.91 Å². The molecule has 0 fully saturated rings. The molecule has 6 nitrogen and oxygen atoms in total. The highest BCUT2D eigenvalue weighted by Gasteiger charge is 2.14. The van der Waals surface area contributed by atoms with Crippen LogP contribution in [0.15, 0.2) is 35.4 Å². The van der Waals surface area contributed by atoms with Gasteiger partial charge in [0.25, 0.3) is 11.5 Å². The number of aryl methyl sites for hydroxylation is 3. The van der Waals surface area contributed by atoms with Gasteiger partial charge in [-0.2, -0.15) is 0 Å². The molecule has 0 saturated heterocycles. The topological polar surface area (TPSA) is 73.2 Å².